The van der Waals surface area contributed by atoms with E-state index in [1.54, 1.807) is 0 Å². The molecule has 3 rings (SSSR count). The Morgan fingerprint density at radius 3 is 2.14 bits per heavy atom. The quantitative estimate of drug-likeness (QED) is 0.892. The number of rotatable bonds is 3. The molecule has 0 bridgehead atoms. The molecule has 0 fully saturated rings. The maximum absolute atomic E-state index is 12.4. The van der Waals surface area contributed by atoms with Crippen molar-refractivity contribution >= 4 is 17.5 Å². The number of carbonyl (C=O) groups excluding carboxylic acids is 1. The lowest BCUT2D eigenvalue weighted by Gasteiger charge is -2.23. The van der Waals surface area contributed by atoms with E-state index in [-0.39, 0.29) is 17.5 Å². The van der Waals surface area contributed by atoms with Gasteiger partial charge in [0, 0.05) is 17.7 Å². The van der Waals surface area contributed by atoms with Gasteiger partial charge < -0.3 is 5.11 Å². The largest absolute Gasteiger partial charge is 0.511 e. The number of hydrogen-bond acceptors (Lipinski definition) is 3. The Morgan fingerprint density at radius 1 is 0.905 bits per heavy atom. The molecule has 0 radical (unpaired) electrons. The summed E-state index contributed by atoms with van der Waals surface area (Å²) in [5.74, 6) is 0.328. The van der Waals surface area contributed by atoms with Gasteiger partial charge in [-0.3, -0.25) is 4.79 Å². The Bertz CT molecular complexity index is 662. The first-order chi connectivity index (χ1) is 10.2. The number of aliphatic hydroxyl groups excluding tert-OH is 1. The van der Waals surface area contributed by atoms with Crippen molar-refractivity contribution in [1.29, 1.82) is 0 Å². The monoisotopic (exact) mass is 296 g/mol. The molecule has 0 aliphatic heterocycles. The van der Waals surface area contributed by atoms with E-state index >= 15 is 0 Å². The Morgan fingerprint density at radius 2 is 1.52 bits per heavy atom. The molecule has 0 saturated carbocycles. The summed E-state index contributed by atoms with van der Waals surface area (Å²) < 4.78 is 0. The van der Waals surface area contributed by atoms with Crippen LogP contribution in [0, 0.1) is 0 Å². The van der Waals surface area contributed by atoms with Crippen molar-refractivity contribution in [2.24, 2.45) is 0 Å². The predicted molar refractivity (Wildman–Crippen MR) is 85.4 cm³/mol. The van der Waals surface area contributed by atoms with Gasteiger partial charge in [-0.15, -0.1) is 0 Å². The number of allylic oxidation sites excluding steroid dienone is 2. The average molecular weight is 296 g/mol. The molecule has 0 aromatic heterocycles. The fourth-order valence-electron chi connectivity index (χ4n) is 2.56. The molecule has 1 aliphatic rings. The maximum atomic E-state index is 12.4. The van der Waals surface area contributed by atoms with Crippen LogP contribution in [0.25, 0.3) is 0 Å². The number of thioether (sulfide) groups is 1. The summed E-state index contributed by atoms with van der Waals surface area (Å²) in [7, 11) is 0. The van der Waals surface area contributed by atoms with E-state index in [4.69, 9.17) is 0 Å². The number of ketones is 1. The highest BCUT2D eigenvalue weighted by Crippen LogP contribution is 2.39. The van der Waals surface area contributed by atoms with E-state index < -0.39 is 0 Å². The summed E-state index contributed by atoms with van der Waals surface area (Å²) >= 11 is 1.36. The van der Waals surface area contributed by atoms with Gasteiger partial charge >= 0.3 is 0 Å². The van der Waals surface area contributed by atoms with Gasteiger partial charge in [0.2, 0.25) is 0 Å². The van der Waals surface area contributed by atoms with Gasteiger partial charge in [-0.2, -0.15) is 0 Å². The van der Waals surface area contributed by atoms with Gasteiger partial charge in [0.25, 0.3) is 0 Å². The lowest BCUT2D eigenvalue weighted by molar-refractivity contribution is -0.115. The van der Waals surface area contributed by atoms with Gasteiger partial charge in [0.15, 0.2) is 5.78 Å². The molecule has 2 aromatic carbocycles. The SMILES string of the molecule is O=C1C[C@@H](c2ccccc2)CC(O)=C1Sc1ccccc1. The van der Waals surface area contributed by atoms with Crippen LogP contribution >= 0.6 is 11.8 Å². The second kappa shape index (κ2) is 6.19. The van der Waals surface area contributed by atoms with Gasteiger partial charge in [0.1, 0.15) is 5.76 Å². The summed E-state index contributed by atoms with van der Waals surface area (Å²) in [6.07, 6.45) is 0.994. The Hall–Kier alpha value is -2.00. The number of Topliss-reactive ketones (excluding diaryl/α,β-unsaturated/α-hetero) is 1. The Labute approximate surface area is 128 Å². The summed E-state index contributed by atoms with van der Waals surface area (Å²) in [5, 5.41) is 10.3. The number of hydrogen-bond donors (Lipinski definition) is 1. The van der Waals surface area contributed by atoms with E-state index in [0.717, 1.165) is 10.5 Å². The van der Waals surface area contributed by atoms with Gasteiger partial charge in [-0.1, -0.05) is 60.3 Å². The predicted octanol–water partition coefficient (Wildman–Crippen LogP) is 4.70. The van der Waals surface area contributed by atoms with Crippen LogP contribution in [0.1, 0.15) is 24.3 Å². The first kappa shape index (κ1) is 14.0. The molecule has 1 atom stereocenters. The molecular weight excluding hydrogens is 280 g/mol. The number of benzene rings is 2. The zero-order chi connectivity index (χ0) is 14.7. The molecule has 21 heavy (non-hydrogen) atoms. The van der Waals surface area contributed by atoms with Crippen LogP contribution in [0.2, 0.25) is 0 Å². The van der Waals surface area contributed by atoms with Crippen LogP contribution in [-0.4, -0.2) is 10.9 Å². The molecule has 0 saturated heterocycles. The van der Waals surface area contributed by atoms with Crippen molar-refractivity contribution in [3.63, 3.8) is 0 Å². The highest BCUT2D eigenvalue weighted by molar-refractivity contribution is 8.04. The maximum Gasteiger partial charge on any atom is 0.173 e. The molecule has 0 amide bonds. The molecular formula is C18H16O2S. The van der Waals surface area contributed by atoms with Crippen LogP contribution in [-0.2, 0) is 4.79 Å². The van der Waals surface area contributed by atoms with Crippen molar-refractivity contribution in [2.75, 3.05) is 0 Å². The molecule has 0 spiro atoms. The third-order valence-corrected chi connectivity index (χ3v) is 4.80. The zero-order valence-electron chi connectivity index (χ0n) is 11.5. The normalized spacial score (nSPS) is 18.9. The molecule has 2 aromatic rings. The van der Waals surface area contributed by atoms with Crippen LogP contribution in [0.4, 0.5) is 0 Å². The van der Waals surface area contributed by atoms with Crippen LogP contribution in [0.15, 0.2) is 76.2 Å². The van der Waals surface area contributed by atoms with Gasteiger partial charge in [0.05, 0.1) is 4.91 Å². The topological polar surface area (TPSA) is 37.3 Å². The molecule has 3 heteroatoms. The van der Waals surface area contributed by atoms with Crippen LogP contribution in [0.5, 0.6) is 0 Å². The molecule has 0 heterocycles. The zero-order valence-corrected chi connectivity index (χ0v) is 12.3. The summed E-state index contributed by atoms with van der Waals surface area (Å²) in [6, 6.07) is 19.6. The molecule has 0 unspecified atom stereocenters. The van der Waals surface area contributed by atoms with Gasteiger partial charge in [-0.25, -0.2) is 0 Å². The number of carbonyl (C=O) groups is 1. The van der Waals surface area contributed by atoms with Crippen molar-refractivity contribution in [2.45, 2.75) is 23.7 Å². The van der Waals surface area contributed by atoms with Crippen LogP contribution in [0.3, 0.4) is 0 Å². The highest BCUT2D eigenvalue weighted by atomic mass is 32.2. The first-order valence-electron chi connectivity index (χ1n) is 6.97. The molecule has 106 valence electrons. The molecule has 1 aliphatic carbocycles. The van der Waals surface area contributed by atoms with Crippen LogP contribution < -0.4 is 0 Å². The minimum atomic E-state index is 0.0291. The van der Waals surface area contributed by atoms with Gasteiger partial charge in [-0.05, 0) is 23.6 Å². The fraction of sp³-hybridized carbons (Fsp3) is 0.167. The minimum absolute atomic E-state index is 0.0291. The summed E-state index contributed by atoms with van der Waals surface area (Å²) in [4.78, 5) is 13.8. The van der Waals surface area contributed by atoms with E-state index in [0.29, 0.717) is 17.7 Å². The summed E-state index contributed by atoms with van der Waals surface area (Å²) in [6.45, 7) is 0. The van der Waals surface area contributed by atoms with E-state index in [1.165, 1.54) is 11.8 Å². The second-order valence-electron chi connectivity index (χ2n) is 5.13. The van der Waals surface area contributed by atoms with E-state index in [1.807, 2.05) is 60.7 Å². The Balaban J connectivity index is 1.82. The number of aliphatic hydroxyl groups is 1. The summed E-state index contributed by atoms with van der Waals surface area (Å²) in [5.41, 5.74) is 1.11. The first-order valence-corrected chi connectivity index (χ1v) is 7.79. The average Bonchev–Trinajstić information content (AvgIpc) is 2.52. The van der Waals surface area contributed by atoms with Crippen molar-refractivity contribution in [1.82, 2.24) is 0 Å². The van der Waals surface area contributed by atoms with E-state index in [9.17, 15) is 9.90 Å². The Kier molecular flexibility index (Phi) is 4.11. The smallest absolute Gasteiger partial charge is 0.173 e. The van der Waals surface area contributed by atoms with Crippen molar-refractivity contribution in [3.8, 4) is 0 Å². The molecule has 1 N–H and O–H groups in total. The lowest BCUT2D eigenvalue weighted by Crippen LogP contribution is -2.16. The second-order valence-corrected chi connectivity index (χ2v) is 6.21. The molecule has 2 nitrogen and oxygen atoms in total. The standard InChI is InChI=1S/C18H16O2S/c19-16-11-14(13-7-3-1-4-8-13)12-17(20)18(16)21-15-9-5-2-6-10-15/h1-10,14,19H,11-12H2/t14-/m0/s1. The highest BCUT2D eigenvalue weighted by Gasteiger charge is 2.29. The third-order valence-electron chi connectivity index (χ3n) is 3.62. The van der Waals surface area contributed by atoms with E-state index in [2.05, 4.69) is 0 Å². The minimum Gasteiger partial charge on any atom is -0.511 e. The fourth-order valence-corrected chi connectivity index (χ4v) is 3.49. The lowest BCUT2D eigenvalue weighted by atomic mass is 9.86. The van der Waals surface area contributed by atoms with Crippen molar-refractivity contribution < 1.29 is 9.90 Å². The third kappa shape index (κ3) is 3.19. The van der Waals surface area contributed by atoms with Crippen molar-refractivity contribution in [3.05, 3.63) is 76.9 Å².